The van der Waals surface area contributed by atoms with E-state index in [4.69, 9.17) is 18.9 Å². The first-order chi connectivity index (χ1) is 15.3. The van der Waals surface area contributed by atoms with Crippen molar-refractivity contribution in [1.29, 1.82) is 0 Å². The van der Waals surface area contributed by atoms with Crippen LogP contribution < -0.4 is 14.8 Å². The monoisotopic (exact) mass is 419 g/mol. The largest absolute Gasteiger partial charge is 0.493 e. The predicted octanol–water partition coefficient (Wildman–Crippen LogP) is 4.08. The quantitative estimate of drug-likeness (QED) is 0.392. The van der Waals surface area contributed by atoms with E-state index in [1.165, 1.54) is 6.26 Å². The van der Waals surface area contributed by atoms with E-state index in [0.29, 0.717) is 31.2 Å². The normalized spacial score (nSPS) is 10.9. The Hall–Kier alpha value is -3.74. The van der Waals surface area contributed by atoms with Crippen molar-refractivity contribution < 1.29 is 18.7 Å². The standard InChI is InChI=1S/C24H25N3O4/c1-29-20-10-4-5-11-21(20)31-17-15-27-19-9-3-2-8-18(19)26-23(27)13-6-14-25-24(28)22-12-7-16-30-22/h2-5,7-12,16H,6,13-15,17H2,1H3,(H,25,28). The topological polar surface area (TPSA) is 78.5 Å². The van der Waals surface area contributed by atoms with Gasteiger partial charge in [0, 0.05) is 13.0 Å². The van der Waals surface area contributed by atoms with Crippen molar-refractivity contribution in [1.82, 2.24) is 14.9 Å². The number of amides is 1. The Morgan fingerprint density at radius 3 is 2.68 bits per heavy atom. The molecule has 4 aromatic rings. The van der Waals surface area contributed by atoms with Crippen LogP contribution in [0.25, 0.3) is 11.0 Å². The molecule has 0 radical (unpaired) electrons. The lowest BCUT2D eigenvalue weighted by Gasteiger charge is -2.13. The number of para-hydroxylation sites is 4. The second-order valence-electron chi connectivity index (χ2n) is 7.00. The fraction of sp³-hybridized carbons (Fsp3) is 0.250. The third-order valence-corrected chi connectivity index (χ3v) is 4.98. The Morgan fingerprint density at radius 2 is 1.87 bits per heavy atom. The van der Waals surface area contributed by atoms with E-state index in [9.17, 15) is 4.79 Å². The Balaban J connectivity index is 1.39. The van der Waals surface area contributed by atoms with E-state index in [1.807, 2.05) is 42.5 Å². The smallest absolute Gasteiger partial charge is 0.286 e. The zero-order valence-corrected chi connectivity index (χ0v) is 17.4. The zero-order chi connectivity index (χ0) is 21.5. The number of methoxy groups -OCH3 is 1. The number of hydrogen-bond donors (Lipinski definition) is 1. The van der Waals surface area contributed by atoms with Gasteiger partial charge in [-0.3, -0.25) is 4.79 Å². The molecule has 2 aromatic carbocycles. The van der Waals surface area contributed by atoms with Gasteiger partial charge in [0.15, 0.2) is 17.3 Å². The summed E-state index contributed by atoms with van der Waals surface area (Å²) in [5.74, 6) is 2.52. The number of aryl methyl sites for hydroxylation is 1. The first-order valence-corrected chi connectivity index (χ1v) is 10.3. The minimum Gasteiger partial charge on any atom is -0.493 e. The molecule has 0 unspecified atom stereocenters. The van der Waals surface area contributed by atoms with E-state index in [2.05, 4.69) is 16.0 Å². The highest BCUT2D eigenvalue weighted by atomic mass is 16.5. The van der Waals surface area contributed by atoms with Gasteiger partial charge in [0.2, 0.25) is 0 Å². The molecule has 0 aliphatic rings. The number of nitrogens with one attached hydrogen (secondary N) is 1. The van der Waals surface area contributed by atoms with Crippen LogP contribution in [-0.4, -0.2) is 35.7 Å². The molecular weight excluding hydrogens is 394 g/mol. The summed E-state index contributed by atoms with van der Waals surface area (Å²) in [5, 5.41) is 2.88. The fourth-order valence-corrected chi connectivity index (χ4v) is 3.49. The molecule has 7 nitrogen and oxygen atoms in total. The van der Waals surface area contributed by atoms with Gasteiger partial charge in [-0.2, -0.15) is 0 Å². The molecule has 2 aromatic heterocycles. The molecule has 31 heavy (non-hydrogen) atoms. The third-order valence-electron chi connectivity index (χ3n) is 4.98. The van der Waals surface area contributed by atoms with Crippen LogP contribution in [0.5, 0.6) is 11.5 Å². The zero-order valence-electron chi connectivity index (χ0n) is 17.4. The Labute approximate surface area is 180 Å². The average Bonchev–Trinajstić information content (AvgIpc) is 3.46. The van der Waals surface area contributed by atoms with Crippen molar-refractivity contribution in [2.45, 2.75) is 19.4 Å². The number of hydrogen-bond acceptors (Lipinski definition) is 5. The summed E-state index contributed by atoms with van der Waals surface area (Å²) in [7, 11) is 1.63. The van der Waals surface area contributed by atoms with Gasteiger partial charge >= 0.3 is 0 Å². The summed E-state index contributed by atoms with van der Waals surface area (Å²) in [6.07, 6.45) is 3.00. The summed E-state index contributed by atoms with van der Waals surface area (Å²) in [5.41, 5.74) is 2.02. The molecular formula is C24H25N3O4. The van der Waals surface area contributed by atoms with E-state index >= 15 is 0 Å². The number of ether oxygens (including phenoxy) is 2. The highest BCUT2D eigenvalue weighted by Crippen LogP contribution is 2.26. The molecule has 4 rings (SSSR count). The summed E-state index contributed by atoms with van der Waals surface area (Å²) < 4.78 is 18.6. The first kappa shape index (κ1) is 20.5. The number of carbonyl (C=O) groups is 1. The summed E-state index contributed by atoms with van der Waals surface area (Å²) in [4.78, 5) is 16.8. The minimum absolute atomic E-state index is 0.205. The Morgan fingerprint density at radius 1 is 1.06 bits per heavy atom. The number of fused-ring (bicyclic) bond motifs is 1. The van der Waals surface area contributed by atoms with Crippen LogP contribution >= 0.6 is 0 Å². The van der Waals surface area contributed by atoms with Crippen LogP contribution in [-0.2, 0) is 13.0 Å². The Kier molecular flexibility index (Phi) is 6.52. The number of benzene rings is 2. The summed E-state index contributed by atoms with van der Waals surface area (Å²) >= 11 is 0. The molecule has 1 N–H and O–H groups in total. The fourth-order valence-electron chi connectivity index (χ4n) is 3.49. The summed E-state index contributed by atoms with van der Waals surface area (Å²) in [6, 6.07) is 19.0. The van der Waals surface area contributed by atoms with E-state index < -0.39 is 0 Å². The average molecular weight is 419 g/mol. The number of nitrogens with zero attached hydrogens (tertiary/aromatic N) is 2. The van der Waals surface area contributed by atoms with Crippen molar-refractivity contribution in [2.24, 2.45) is 0 Å². The maximum atomic E-state index is 12.0. The van der Waals surface area contributed by atoms with Gasteiger partial charge in [-0.15, -0.1) is 0 Å². The molecule has 2 heterocycles. The number of carbonyl (C=O) groups excluding carboxylic acids is 1. The molecule has 0 aliphatic carbocycles. The van der Waals surface area contributed by atoms with Gasteiger partial charge in [0.05, 0.1) is 31.0 Å². The highest BCUT2D eigenvalue weighted by molar-refractivity contribution is 5.91. The summed E-state index contributed by atoms with van der Waals surface area (Å²) in [6.45, 7) is 1.69. The van der Waals surface area contributed by atoms with Crippen LogP contribution in [0.4, 0.5) is 0 Å². The molecule has 160 valence electrons. The molecule has 0 atom stereocenters. The van der Waals surface area contributed by atoms with Gasteiger partial charge in [0.1, 0.15) is 12.4 Å². The molecule has 0 saturated carbocycles. The lowest BCUT2D eigenvalue weighted by atomic mass is 10.3. The number of aromatic nitrogens is 2. The maximum Gasteiger partial charge on any atom is 0.286 e. The van der Waals surface area contributed by atoms with Crippen LogP contribution in [0.1, 0.15) is 22.8 Å². The van der Waals surface area contributed by atoms with Gasteiger partial charge in [0.25, 0.3) is 5.91 Å². The highest BCUT2D eigenvalue weighted by Gasteiger charge is 2.12. The second kappa shape index (κ2) is 9.84. The van der Waals surface area contributed by atoms with E-state index in [1.54, 1.807) is 19.2 Å². The van der Waals surface area contributed by atoms with Gasteiger partial charge < -0.3 is 23.8 Å². The number of rotatable bonds is 10. The maximum absolute atomic E-state index is 12.0. The van der Waals surface area contributed by atoms with Gasteiger partial charge in [-0.1, -0.05) is 24.3 Å². The van der Waals surface area contributed by atoms with E-state index in [-0.39, 0.29) is 5.91 Å². The Bertz CT molecular complexity index is 1130. The molecule has 0 fully saturated rings. The molecule has 0 spiro atoms. The molecule has 7 heteroatoms. The van der Waals surface area contributed by atoms with Crippen molar-refractivity contribution in [2.75, 3.05) is 20.3 Å². The lowest BCUT2D eigenvalue weighted by molar-refractivity contribution is 0.0925. The molecule has 0 aliphatic heterocycles. The molecule has 0 saturated heterocycles. The van der Waals surface area contributed by atoms with Crippen LogP contribution in [0.15, 0.2) is 71.3 Å². The van der Waals surface area contributed by atoms with Crippen molar-refractivity contribution in [3.8, 4) is 11.5 Å². The van der Waals surface area contributed by atoms with Crippen molar-refractivity contribution in [3.05, 3.63) is 78.5 Å². The van der Waals surface area contributed by atoms with Crippen molar-refractivity contribution in [3.63, 3.8) is 0 Å². The molecule has 0 bridgehead atoms. The second-order valence-corrected chi connectivity index (χ2v) is 7.00. The van der Waals surface area contributed by atoms with Crippen LogP contribution in [0.2, 0.25) is 0 Å². The van der Waals surface area contributed by atoms with Crippen molar-refractivity contribution >= 4 is 16.9 Å². The third kappa shape index (κ3) is 4.88. The minimum atomic E-state index is -0.205. The van der Waals surface area contributed by atoms with Gasteiger partial charge in [-0.05, 0) is 42.8 Å². The predicted molar refractivity (Wildman–Crippen MR) is 118 cm³/mol. The molecule has 1 amide bonds. The van der Waals surface area contributed by atoms with Gasteiger partial charge in [-0.25, -0.2) is 4.98 Å². The van der Waals surface area contributed by atoms with Crippen LogP contribution in [0, 0.1) is 0 Å². The number of furan rings is 1. The SMILES string of the molecule is COc1ccccc1OCCn1c(CCCNC(=O)c2ccco2)nc2ccccc21. The number of imidazole rings is 1. The van der Waals surface area contributed by atoms with E-state index in [0.717, 1.165) is 35.4 Å². The first-order valence-electron chi connectivity index (χ1n) is 10.3. The lowest BCUT2D eigenvalue weighted by Crippen LogP contribution is -2.24. The van der Waals surface area contributed by atoms with Crippen LogP contribution in [0.3, 0.4) is 0 Å².